The van der Waals surface area contributed by atoms with Crippen LogP contribution in [0.3, 0.4) is 0 Å². The Bertz CT molecular complexity index is 1200. The molecular weight excluding hydrogens is 436 g/mol. The molecule has 0 aliphatic heterocycles. The number of imidazole rings is 1. The summed E-state index contributed by atoms with van der Waals surface area (Å²) >= 11 is 1.49. The van der Waals surface area contributed by atoms with E-state index in [4.69, 9.17) is 9.47 Å². The fourth-order valence-electron chi connectivity index (χ4n) is 3.40. The van der Waals surface area contributed by atoms with Crippen molar-refractivity contribution in [3.63, 3.8) is 0 Å². The normalized spacial score (nSPS) is 11.7. The number of hydrogen-bond donors (Lipinski definition) is 1. The number of ether oxygens (including phenoxy) is 2. The van der Waals surface area contributed by atoms with E-state index in [1.54, 1.807) is 13.3 Å². The third-order valence-electron chi connectivity index (χ3n) is 5.20. The summed E-state index contributed by atoms with van der Waals surface area (Å²) in [7, 11) is 3.53. The number of nitrogens with zero attached hydrogens (tertiary/aromatic N) is 3. The molecule has 2 heterocycles. The number of nitrogens with one attached hydrogen (secondary N) is 1. The van der Waals surface area contributed by atoms with Crippen LogP contribution in [0.1, 0.15) is 33.7 Å². The number of aromatic nitrogens is 3. The van der Waals surface area contributed by atoms with E-state index in [-0.39, 0.29) is 18.4 Å². The summed E-state index contributed by atoms with van der Waals surface area (Å²) in [5, 5.41) is 5.83. The standard InChI is InChI=1S/C25H26N4O3S/c1-17-4-8-21(9-5-17)32-15-23-27-19(16-33-23)14-22(30)28-24(25-26-12-13-29(25)2)18-6-10-20(31-3)11-7-18/h4-13,16,24H,14-15H2,1-3H3,(H,28,30). The molecule has 1 atom stereocenters. The molecule has 8 heteroatoms. The zero-order valence-corrected chi connectivity index (χ0v) is 19.6. The molecular formula is C25H26N4O3S. The molecule has 170 valence electrons. The Hall–Kier alpha value is -3.65. The Morgan fingerprint density at radius 3 is 2.52 bits per heavy atom. The van der Waals surface area contributed by atoms with Crippen LogP contribution < -0.4 is 14.8 Å². The first kappa shape index (κ1) is 22.5. The van der Waals surface area contributed by atoms with E-state index in [2.05, 4.69) is 15.3 Å². The number of thiazole rings is 1. The highest BCUT2D eigenvalue weighted by Crippen LogP contribution is 2.23. The molecule has 4 aromatic rings. The second-order valence-corrected chi connectivity index (χ2v) is 8.62. The molecule has 0 aliphatic rings. The Balaban J connectivity index is 1.41. The van der Waals surface area contributed by atoms with Gasteiger partial charge in [0.1, 0.15) is 35.0 Å². The van der Waals surface area contributed by atoms with Gasteiger partial charge in [0.05, 0.1) is 19.2 Å². The van der Waals surface area contributed by atoms with Crippen LogP contribution in [0, 0.1) is 6.92 Å². The van der Waals surface area contributed by atoms with E-state index >= 15 is 0 Å². The fraction of sp³-hybridized carbons (Fsp3) is 0.240. The van der Waals surface area contributed by atoms with Crippen molar-refractivity contribution in [3.8, 4) is 11.5 Å². The maximum Gasteiger partial charge on any atom is 0.226 e. The van der Waals surface area contributed by atoms with Gasteiger partial charge >= 0.3 is 0 Å². The molecule has 0 saturated carbocycles. The third-order valence-corrected chi connectivity index (χ3v) is 6.07. The first-order valence-corrected chi connectivity index (χ1v) is 11.4. The van der Waals surface area contributed by atoms with Crippen LogP contribution in [0.2, 0.25) is 0 Å². The maximum atomic E-state index is 12.9. The molecule has 2 aromatic carbocycles. The van der Waals surface area contributed by atoms with E-state index in [1.165, 1.54) is 16.9 Å². The lowest BCUT2D eigenvalue weighted by molar-refractivity contribution is -0.121. The third kappa shape index (κ3) is 5.78. The van der Waals surface area contributed by atoms with Crippen LogP contribution in [0.15, 0.2) is 66.3 Å². The van der Waals surface area contributed by atoms with Gasteiger partial charge in [0.15, 0.2) is 0 Å². The van der Waals surface area contributed by atoms with Crippen molar-refractivity contribution in [2.75, 3.05) is 7.11 Å². The van der Waals surface area contributed by atoms with Crippen LogP contribution in [-0.2, 0) is 24.9 Å². The number of carbonyl (C=O) groups excluding carboxylic acids is 1. The molecule has 0 fully saturated rings. The summed E-state index contributed by atoms with van der Waals surface area (Å²) in [6.07, 6.45) is 3.76. The van der Waals surface area contributed by atoms with Crippen LogP contribution >= 0.6 is 11.3 Å². The molecule has 33 heavy (non-hydrogen) atoms. The van der Waals surface area contributed by atoms with Gasteiger partial charge in [-0.2, -0.15) is 0 Å². The minimum atomic E-state index is -0.383. The lowest BCUT2D eigenvalue weighted by Crippen LogP contribution is -2.32. The fourth-order valence-corrected chi connectivity index (χ4v) is 4.11. The molecule has 0 saturated heterocycles. The predicted octanol–water partition coefficient (Wildman–Crippen LogP) is 4.22. The van der Waals surface area contributed by atoms with E-state index in [9.17, 15) is 4.79 Å². The van der Waals surface area contributed by atoms with Gasteiger partial charge in [0.2, 0.25) is 5.91 Å². The SMILES string of the molecule is COc1ccc(C(NC(=O)Cc2csc(COc3ccc(C)cc3)n2)c2nccn2C)cc1. The first-order valence-electron chi connectivity index (χ1n) is 10.5. The van der Waals surface area contributed by atoms with Gasteiger partial charge in [-0.1, -0.05) is 29.8 Å². The molecule has 1 N–H and O–H groups in total. The van der Waals surface area contributed by atoms with E-state index in [0.717, 1.165) is 27.9 Å². The smallest absolute Gasteiger partial charge is 0.226 e. The zero-order chi connectivity index (χ0) is 23.2. The number of aryl methyl sites for hydroxylation is 2. The van der Waals surface area contributed by atoms with Gasteiger partial charge in [0, 0.05) is 24.8 Å². The Labute approximate surface area is 197 Å². The van der Waals surface area contributed by atoms with Gasteiger partial charge < -0.3 is 19.4 Å². The number of carbonyl (C=O) groups is 1. The predicted molar refractivity (Wildman–Crippen MR) is 128 cm³/mol. The molecule has 0 bridgehead atoms. The van der Waals surface area contributed by atoms with Gasteiger partial charge in [-0.05, 0) is 36.8 Å². The van der Waals surface area contributed by atoms with Crippen LogP contribution in [0.4, 0.5) is 0 Å². The van der Waals surface area contributed by atoms with E-state index in [1.807, 2.05) is 78.6 Å². The molecule has 0 aliphatic carbocycles. The highest BCUT2D eigenvalue weighted by atomic mass is 32.1. The molecule has 0 radical (unpaired) electrons. The summed E-state index contributed by atoms with van der Waals surface area (Å²) < 4.78 is 12.9. The van der Waals surface area contributed by atoms with E-state index in [0.29, 0.717) is 12.3 Å². The van der Waals surface area contributed by atoms with Crippen molar-refractivity contribution >= 4 is 17.2 Å². The van der Waals surface area contributed by atoms with Gasteiger partial charge in [-0.3, -0.25) is 4.79 Å². The minimum absolute atomic E-state index is 0.130. The average Bonchev–Trinajstić information content (AvgIpc) is 3.46. The van der Waals surface area contributed by atoms with Gasteiger partial charge in [0.25, 0.3) is 0 Å². The summed E-state index contributed by atoms with van der Waals surface area (Å²) in [6, 6.07) is 15.1. The van der Waals surface area contributed by atoms with Gasteiger partial charge in [-0.15, -0.1) is 11.3 Å². The number of rotatable bonds is 9. The van der Waals surface area contributed by atoms with E-state index < -0.39 is 0 Å². The first-order chi connectivity index (χ1) is 16.0. The Morgan fingerprint density at radius 1 is 1.12 bits per heavy atom. The number of benzene rings is 2. The second kappa shape index (κ2) is 10.3. The van der Waals surface area contributed by atoms with Crippen molar-refractivity contribution in [3.05, 3.63) is 94.0 Å². The highest BCUT2D eigenvalue weighted by Gasteiger charge is 2.21. The van der Waals surface area contributed by atoms with Crippen molar-refractivity contribution in [1.82, 2.24) is 19.9 Å². The summed E-state index contributed by atoms with van der Waals surface area (Å²) in [4.78, 5) is 21.9. The van der Waals surface area contributed by atoms with Gasteiger partial charge in [-0.25, -0.2) is 9.97 Å². The Morgan fingerprint density at radius 2 is 1.85 bits per heavy atom. The maximum absolute atomic E-state index is 12.9. The molecule has 1 unspecified atom stereocenters. The summed E-state index contributed by atoms with van der Waals surface area (Å²) in [5.41, 5.74) is 2.82. The lowest BCUT2D eigenvalue weighted by Gasteiger charge is -2.19. The molecule has 0 spiro atoms. The Kier molecular flexibility index (Phi) is 7.04. The minimum Gasteiger partial charge on any atom is -0.497 e. The molecule has 7 nitrogen and oxygen atoms in total. The average molecular weight is 463 g/mol. The van der Waals surface area contributed by atoms with Crippen molar-refractivity contribution in [2.24, 2.45) is 7.05 Å². The highest BCUT2D eigenvalue weighted by molar-refractivity contribution is 7.09. The monoisotopic (exact) mass is 462 g/mol. The van der Waals surface area contributed by atoms with Crippen molar-refractivity contribution in [1.29, 1.82) is 0 Å². The number of amides is 1. The summed E-state index contributed by atoms with van der Waals surface area (Å²) in [6.45, 7) is 2.41. The topological polar surface area (TPSA) is 78.3 Å². The van der Waals surface area contributed by atoms with Crippen LogP contribution in [0.5, 0.6) is 11.5 Å². The molecule has 1 amide bonds. The van der Waals surface area contributed by atoms with Crippen molar-refractivity contribution in [2.45, 2.75) is 26.0 Å². The van der Waals surface area contributed by atoms with Crippen molar-refractivity contribution < 1.29 is 14.3 Å². The largest absolute Gasteiger partial charge is 0.497 e. The quantitative estimate of drug-likeness (QED) is 0.403. The second-order valence-electron chi connectivity index (χ2n) is 7.68. The zero-order valence-electron chi connectivity index (χ0n) is 18.8. The molecule has 2 aromatic heterocycles. The van der Waals surface area contributed by atoms with Crippen LogP contribution in [-0.4, -0.2) is 27.6 Å². The van der Waals surface area contributed by atoms with Crippen LogP contribution in [0.25, 0.3) is 0 Å². The summed E-state index contributed by atoms with van der Waals surface area (Å²) in [5.74, 6) is 2.17. The molecule has 4 rings (SSSR count). The lowest BCUT2D eigenvalue weighted by atomic mass is 10.1. The number of hydrogen-bond acceptors (Lipinski definition) is 6. The number of methoxy groups -OCH3 is 1.